The number of para-hydroxylation sites is 1. The molecule has 0 amide bonds. The molecule has 1 aromatic carbocycles. The molecule has 20 heavy (non-hydrogen) atoms. The van der Waals surface area contributed by atoms with Gasteiger partial charge in [-0.15, -0.1) is 0 Å². The van der Waals surface area contributed by atoms with Crippen LogP contribution in [0.4, 0.5) is 4.39 Å². The molecule has 2 saturated heterocycles. The highest BCUT2D eigenvalue weighted by atomic mass is 32.1. The van der Waals surface area contributed by atoms with Crippen LogP contribution in [0.15, 0.2) is 18.2 Å². The summed E-state index contributed by atoms with van der Waals surface area (Å²) in [6.45, 7) is 2.34. The van der Waals surface area contributed by atoms with Crippen LogP contribution in [0.25, 0.3) is 11.0 Å². The van der Waals surface area contributed by atoms with E-state index in [2.05, 4.69) is 14.5 Å². The predicted octanol–water partition coefficient (Wildman–Crippen LogP) is 3.64. The molecule has 0 bridgehead atoms. The number of benzene rings is 1. The van der Waals surface area contributed by atoms with E-state index < -0.39 is 0 Å². The standard InChI is InChI=1S/C15H18FN3S/c16-10-4-3-6-13-14(10)17-15(20)19(13)12-7-9-18-8-2-1-5-11(12)18/h3-4,6,11-12H,1-2,5,7-9H2,(H,17,20). The van der Waals surface area contributed by atoms with E-state index in [0.29, 0.717) is 22.4 Å². The van der Waals surface area contributed by atoms with Gasteiger partial charge in [0.05, 0.1) is 11.6 Å². The lowest BCUT2D eigenvalue weighted by atomic mass is 9.99. The number of rotatable bonds is 1. The maximum Gasteiger partial charge on any atom is 0.178 e. The normalized spacial score (nSPS) is 27.1. The third-order valence-electron chi connectivity index (χ3n) is 4.85. The molecule has 3 nitrogen and oxygen atoms in total. The molecule has 2 atom stereocenters. The van der Waals surface area contributed by atoms with E-state index in [1.54, 1.807) is 6.07 Å². The first kappa shape index (κ1) is 12.5. The second-order valence-electron chi connectivity index (χ2n) is 5.89. The summed E-state index contributed by atoms with van der Waals surface area (Å²) in [7, 11) is 0. The lowest BCUT2D eigenvalue weighted by Crippen LogP contribution is -2.37. The Balaban J connectivity index is 1.84. The van der Waals surface area contributed by atoms with Gasteiger partial charge in [-0.3, -0.25) is 4.90 Å². The molecule has 2 aliphatic rings. The van der Waals surface area contributed by atoms with Crippen molar-refractivity contribution in [2.75, 3.05) is 13.1 Å². The minimum Gasteiger partial charge on any atom is -0.328 e. The van der Waals surface area contributed by atoms with Gasteiger partial charge in [0.2, 0.25) is 0 Å². The van der Waals surface area contributed by atoms with Gasteiger partial charge in [-0.25, -0.2) is 4.39 Å². The fraction of sp³-hybridized carbons (Fsp3) is 0.533. The van der Waals surface area contributed by atoms with Gasteiger partial charge in [0.15, 0.2) is 4.77 Å². The van der Waals surface area contributed by atoms with Crippen LogP contribution in [0.3, 0.4) is 0 Å². The van der Waals surface area contributed by atoms with Crippen LogP contribution in [0.2, 0.25) is 0 Å². The smallest absolute Gasteiger partial charge is 0.178 e. The Labute approximate surface area is 122 Å². The molecule has 0 aliphatic carbocycles. The first-order valence-electron chi connectivity index (χ1n) is 7.38. The molecule has 2 aromatic rings. The van der Waals surface area contributed by atoms with E-state index in [0.717, 1.165) is 18.5 Å². The third-order valence-corrected chi connectivity index (χ3v) is 5.15. The molecule has 0 radical (unpaired) electrons. The number of aromatic amines is 1. The van der Waals surface area contributed by atoms with E-state index in [4.69, 9.17) is 12.2 Å². The Bertz CT molecular complexity index is 705. The van der Waals surface area contributed by atoms with Crippen molar-refractivity contribution < 1.29 is 4.39 Å². The highest BCUT2D eigenvalue weighted by molar-refractivity contribution is 7.71. The van der Waals surface area contributed by atoms with Crippen LogP contribution in [0.1, 0.15) is 31.7 Å². The molecule has 4 rings (SSSR count). The molecule has 3 heterocycles. The molecule has 2 unspecified atom stereocenters. The Hall–Kier alpha value is -1.20. The summed E-state index contributed by atoms with van der Waals surface area (Å²) in [5, 5.41) is 0. The first-order chi connectivity index (χ1) is 9.75. The molecule has 2 aliphatic heterocycles. The average molecular weight is 291 g/mol. The number of halogens is 1. The van der Waals surface area contributed by atoms with Gasteiger partial charge in [0.1, 0.15) is 11.3 Å². The van der Waals surface area contributed by atoms with Crippen molar-refractivity contribution in [3.63, 3.8) is 0 Å². The van der Waals surface area contributed by atoms with Gasteiger partial charge in [0, 0.05) is 12.6 Å². The molecule has 0 spiro atoms. The molecule has 0 saturated carbocycles. The van der Waals surface area contributed by atoms with Crippen molar-refractivity contribution in [3.05, 3.63) is 28.8 Å². The van der Waals surface area contributed by atoms with Gasteiger partial charge in [-0.2, -0.15) is 0 Å². The fourth-order valence-electron chi connectivity index (χ4n) is 3.96. The lowest BCUT2D eigenvalue weighted by Gasteiger charge is -2.32. The maximum absolute atomic E-state index is 13.9. The Morgan fingerprint density at radius 2 is 2.05 bits per heavy atom. The summed E-state index contributed by atoms with van der Waals surface area (Å²) in [6, 6.07) is 6.18. The number of nitrogens with zero attached hydrogens (tertiary/aromatic N) is 2. The average Bonchev–Trinajstić information content (AvgIpc) is 3.00. The number of H-pyrrole nitrogens is 1. The third kappa shape index (κ3) is 1.76. The van der Waals surface area contributed by atoms with Crippen LogP contribution in [0.5, 0.6) is 0 Å². The van der Waals surface area contributed by atoms with Crippen molar-refractivity contribution in [1.82, 2.24) is 14.5 Å². The van der Waals surface area contributed by atoms with E-state index in [1.165, 1.54) is 31.9 Å². The number of nitrogens with one attached hydrogen (secondary N) is 1. The largest absolute Gasteiger partial charge is 0.328 e. The number of fused-ring (bicyclic) bond motifs is 2. The van der Waals surface area contributed by atoms with E-state index in [9.17, 15) is 4.39 Å². The van der Waals surface area contributed by atoms with Gasteiger partial charge in [-0.1, -0.05) is 12.5 Å². The number of hydrogen-bond acceptors (Lipinski definition) is 2. The zero-order chi connectivity index (χ0) is 13.7. The Morgan fingerprint density at radius 1 is 1.15 bits per heavy atom. The van der Waals surface area contributed by atoms with Crippen LogP contribution in [-0.2, 0) is 0 Å². The molecule has 1 N–H and O–H groups in total. The van der Waals surface area contributed by atoms with Gasteiger partial charge >= 0.3 is 0 Å². The van der Waals surface area contributed by atoms with Crippen molar-refractivity contribution in [2.24, 2.45) is 0 Å². The summed E-state index contributed by atoms with van der Waals surface area (Å²) < 4.78 is 16.7. The monoisotopic (exact) mass is 291 g/mol. The Morgan fingerprint density at radius 3 is 2.95 bits per heavy atom. The Kier molecular flexibility index (Phi) is 2.93. The summed E-state index contributed by atoms with van der Waals surface area (Å²) in [5.41, 5.74) is 1.46. The summed E-state index contributed by atoms with van der Waals surface area (Å²) in [6.07, 6.45) is 4.94. The van der Waals surface area contributed by atoms with E-state index in [-0.39, 0.29) is 5.82 Å². The molecular weight excluding hydrogens is 273 g/mol. The SMILES string of the molecule is Fc1cccc2c1[nH]c(=S)n2C1CCN2CCCCC12. The minimum absolute atomic E-state index is 0.217. The van der Waals surface area contributed by atoms with Gasteiger partial charge in [-0.05, 0) is 50.2 Å². The van der Waals surface area contributed by atoms with Crippen LogP contribution >= 0.6 is 12.2 Å². The topological polar surface area (TPSA) is 24.0 Å². The molecule has 106 valence electrons. The van der Waals surface area contributed by atoms with Crippen molar-refractivity contribution in [1.29, 1.82) is 0 Å². The highest BCUT2D eigenvalue weighted by Crippen LogP contribution is 2.37. The van der Waals surface area contributed by atoms with Crippen molar-refractivity contribution in [3.8, 4) is 0 Å². The summed E-state index contributed by atoms with van der Waals surface area (Å²) in [4.78, 5) is 5.63. The zero-order valence-electron chi connectivity index (χ0n) is 11.3. The lowest BCUT2D eigenvalue weighted by molar-refractivity contribution is 0.174. The van der Waals surface area contributed by atoms with Crippen LogP contribution in [0, 0.1) is 10.6 Å². The van der Waals surface area contributed by atoms with Crippen molar-refractivity contribution >= 4 is 23.3 Å². The maximum atomic E-state index is 13.9. The highest BCUT2D eigenvalue weighted by Gasteiger charge is 2.37. The molecule has 2 fully saturated rings. The number of aromatic nitrogens is 2. The van der Waals surface area contributed by atoms with Crippen molar-refractivity contribution in [2.45, 2.75) is 37.8 Å². The quantitative estimate of drug-likeness (QED) is 0.811. The van der Waals surface area contributed by atoms with E-state index in [1.807, 2.05) is 6.07 Å². The van der Waals surface area contributed by atoms with Gasteiger partial charge < -0.3 is 9.55 Å². The number of hydrogen-bond donors (Lipinski definition) is 1. The first-order valence-corrected chi connectivity index (χ1v) is 7.79. The number of imidazole rings is 1. The second kappa shape index (κ2) is 4.67. The van der Waals surface area contributed by atoms with Crippen LogP contribution < -0.4 is 0 Å². The molecule has 1 aromatic heterocycles. The van der Waals surface area contributed by atoms with E-state index >= 15 is 0 Å². The second-order valence-corrected chi connectivity index (χ2v) is 6.28. The minimum atomic E-state index is -0.217. The predicted molar refractivity (Wildman–Crippen MR) is 79.9 cm³/mol. The number of piperidine rings is 1. The molecular formula is C15H18FN3S. The van der Waals surface area contributed by atoms with Crippen LogP contribution in [-0.4, -0.2) is 33.6 Å². The van der Waals surface area contributed by atoms with Gasteiger partial charge in [0.25, 0.3) is 0 Å². The zero-order valence-corrected chi connectivity index (χ0v) is 12.1. The fourth-order valence-corrected chi connectivity index (χ4v) is 4.30. The summed E-state index contributed by atoms with van der Waals surface area (Å²) >= 11 is 5.47. The molecule has 5 heteroatoms. The summed E-state index contributed by atoms with van der Waals surface area (Å²) in [5.74, 6) is -0.217.